The highest BCUT2D eigenvalue weighted by atomic mass is 32.2. The van der Waals surface area contributed by atoms with E-state index >= 15 is 0 Å². The van der Waals surface area contributed by atoms with Gasteiger partial charge in [0, 0.05) is 30.9 Å². The molecule has 1 N–H and O–H groups in total. The Hall–Kier alpha value is -2.09. The average molecular weight is 394 g/mol. The number of rotatable bonds is 6. The summed E-state index contributed by atoms with van der Waals surface area (Å²) in [6.45, 7) is 1.75. The van der Waals surface area contributed by atoms with Crippen molar-refractivity contribution in [3.05, 3.63) is 24.3 Å². The molecule has 2 fully saturated rings. The number of benzene rings is 1. The first kappa shape index (κ1) is 19.7. The molecule has 0 bridgehead atoms. The maximum atomic E-state index is 11.9. The maximum Gasteiger partial charge on any atom is 0.306 e. The minimum Gasteiger partial charge on any atom is -0.456 e. The van der Waals surface area contributed by atoms with Crippen LogP contribution in [-0.2, 0) is 24.2 Å². The number of esters is 1. The van der Waals surface area contributed by atoms with Crippen LogP contribution in [0.5, 0.6) is 0 Å². The van der Waals surface area contributed by atoms with Crippen LogP contribution in [0, 0.1) is 5.92 Å². The molecule has 1 amide bonds. The van der Waals surface area contributed by atoms with E-state index in [1.165, 1.54) is 19.3 Å². The van der Waals surface area contributed by atoms with Gasteiger partial charge in [-0.05, 0) is 55.9 Å². The molecule has 0 aromatic heterocycles. The highest BCUT2D eigenvalue weighted by Gasteiger charge is 2.30. The van der Waals surface area contributed by atoms with E-state index in [1.54, 1.807) is 0 Å². The van der Waals surface area contributed by atoms with Crippen molar-refractivity contribution in [1.29, 1.82) is 0 Å². The zero-order valence-corrected chi connectivity index (χ0v) is 16.2. The van der Waals surface area contributed by atoms with E-state index in [2.05, 4.69) is 10.2 Å². The SMILES string of the molecule is O=C(COC(=O)C[C@H]1CCS(=O)(=O)C1)Nc1ccc(N2CCCCC2)cc1. The summed E-state index contributed by atoms with van der Waals surface area (Å²) < 4.78 is 27.8. The first-order valence-corrected chi connectivity index (χ1v) is 11.2. The van der Waals surface area contributed by atoms with Crippen LogP contribution in [0.4, 0.5) is 11.4 Å². The van der Waals surface area contributed by atoms with E-state index in [4.69, 9.17) is 4.74 Å². The smallest absolute Gasteiger partial charge is 0.306 e. The molecule has 1 atom stereocenters. The molecule has 0 unspecified atom stereocenters. The average Bonchev–Trinajstić information content (AvgIpc) is 3.00. The third-order valence-corrected chi connectivity index (χ3v) is 6.86. The summed E-state index contributed by atoms with van der Waals surface area (Å²) in [5.74, 6) is -0.995. The molecule has 148 valence electrons. The Morgan fingerprint density at radius 2 is 1.81 bits per heavy atom. The number of carbonyl (C=O) groups excluding carboxylic acids is 2. The first-order chi connectivity index (χ1) is 12.9. The number of hydrogen-bond acceptors (Lipinski definition) is 6. The van der Waals surface area contributed by atoms with Crippen molar-refractivity contribution in [3.63, 3.8) is 0 Å². The minimum absolute atomic E-state index is 0.0255. The number of piperidine rings is 1. The van der Waals surface area contributed by atoms with Gasteiger partial charge in [-0.3, -0.25) is 9.59 Å². The normalized spacial score (nSPS) is 21.6. The van der Waals surface area contributed by atoms with Crippen LogP contribution in [0.2, 0.25) is 0 Å². The van der Waals surface area contributed by atoms with Gasteiger partial charge in [0.2, 0.25) is 0 Å². The Bertz CT molecular complexity index is 770. The van der Waals surface area contributed by atoms with Crippen LogP contribution in [0.1, 0.15) is 32.1 Å². The zero-order chi connectivity index (χ0) is 19.3. The van der Waals surface area contributed by atoms with Crippen LogP contribution in [-0.4, -0.2) is 51.5 Å². The largest absolute Gasteiger partial charge is 0.456 e. The van der Waals surface area contributed by atoms with Gasteiger partial charge < -0.3 is 15.0 Å². The second-order valence-corrected chi connectivity index (χ2v) is 9.51. The molecule has 0 aliphatic carbocycles. The van der Waals surface area contributed by atoms with Crippen molar-refractivity contribution in [3.8, 4) is 0 Å². The van der Waals surface area contributed by atoms with Crippen LogP contribution in [0.3, 0.4) is 0 Å². The molecule has 1 aromatic rings. The van der Waals surface area contributed by atoms with Crippen LogP contribution < -0.4 is 10.2 Å². The molecule has 7 nitrogen and oxygen atoms in total. The lowest BCUT2D eigenvalue weighted by Gasteiger charge is -2.28. The molecule has 27 heavy (non-hydrogen) atoms. The number of carbonyl (C=O) groups is 2. The fourth-order valence-electron chi connectivity index (χ4n) is 3.58. The lowest BCUT2D eigenvalue weighted by molar-refractivity contribution is -0.148. The Morgan fingerprint density at radius 1 is 1.11 bits per heavy atom. The van der Waals surface area contributed by atoms with Crippen molar-refractivity contribution in [2.24, 2.45) is 5.92 Å². The number of sulfone groups is 1. The van der Waals surface area contributed by atoms with Crippen LogP contribution in [0.25, 0.3) is 0 Å². The van der Waals surface area contributed by atoms with Gasteiger partial charge in [-0.1, -0.05) is 0 Å². The maximum absolute atomic E-state index is 11.9. The summed E-state index contributed by atoms with van der Waals surface area (Å²) in [5, 5.41) is 2.70. The van der Waals surface area contributed by atoms with Gasteiger partial charge >= 0.3 is 5.97 Å². The minimum atomic E-state index is -3.02. The van der Waals surface area contributed by atoms with Crippen molar-refractivity contribution >= 4 is 33.1 Å². The van der Waals surface area contributed by atoms with Gasteiger partial charge in [-0.25, -0.2) is 8.42 Å². The molecule has 2 heterocycles. The monoisotopic (exact) mass is 394 g/mol. The Labute approximate surface area is 160 Å². The third-order valence-electron chi connectivity index (χ3n) is 5.02. The van der Waals surface area contributed by atoms with E-state index in [1.807, 2.05) is 24.3 Å². The highest BCUT2D eigenvalue weighted by Crippen LogP contribution is 2.23. The third kappa shape index (κ3) is 5.95. The first-order valence-electron chi connectivity index (χ1n) is 9.42. The predicted molar refractivity (Wildman–Crippen MR) is 103 cm³/mol. The molecule has 2 saturated heterocycles. The summed E-state index contributed by atoms with van der Waals surface area (Å²) in [5.41, 5.74) is 1.80. The molecule has 0 radical (unpaired) electrons. The fraction of sp³-hybridized carbons (Fsp3) is 0.579. The van der Waals surface area contributed by atoms with Gasteiger partial charge in [-0.2, -0.15) is 0 Å². The summed E-state index contributed by atoms with van der Waals surface area (Å²) in [4.78, 5) is 26.1. The number of hydrogen-bond donors (Lipinski definition) is 1. The number of amides is 1. The molecular weight excluding hydrogens is 368 g/mol. The van der Waals surface area contributed by atoms with E-state index < -0.39 is 21.7 Å². The summed E-state index contributed by atoms with van der Waals surface area (Å²) in [6, 6.07) is 7.64. The van der Waals surface area contributed by atoms with E-state index in [0.29, 0.717) is 12.1 Å². The highest BCUT2D eigenvalue weighted by molar-refractivity contribution is 7.91. The molecule has 2 aliphatic rings. The van der Waals surface area contributed by atoms with Crippen molar-refractivity contribution in [2.75, 3.05) is 41.4 Å². The molecule has 3 rings (SSSR count). The number of anilines is 2. The van der Waals surface area contributed by atoms with Crippen LogP contribution >= 0.6 is 0 Å². The predicted octanol–water partition coefficient (Wildman–Crippen LogP) is 1.98. The quantitative estimate of drug-likeness (QED) is 0.742. The summed E-state index contributed by atoms with van der Waals surface area (Å²) in [6.07, 6.45) is 4.21. The molecular formula is C19H26N2O5S. The van der Waals surface area contributed by atoms with E-state index in [9.17, 15) is 18.0 Å². The van der Waals surface area contributed by atoms with E-state index in [-0.39, 0.29) is 30.5 Å². The standard InChI is InChI=1S/C19H26N2O5S/c22-18(13-26-19(23)12-15-8-11-27(24,25)14-15)20-16-4-6-17(7-5-16)21-9-2-1-3-10-21/h4-7,15H,1-3,8-14H2,(H,20,22)/t15-/m1/s1. The second kappa shape index (κ2) is 8.73. The molecule has 0 spiro atoms. The van der Waals surface area contributed by atoms with Gasteiger partial charge in [0.15, 0.2) is 16.4 Å². The number of ether oxygens (including phenoxy) is 1. The Morgan fingerprint density at radius 3 is 2.44 bits per heavy atom. The van der Waals surface area contributed by atoms with Gasteiger partial charge in [-0.15, -0.1) is 0 Å². The van der Waals surface area contributed by atoms with Crippen molar-refractivity contribution in [2.45, 2.75) is 32.1 Å². The number of nitrogens with zero attached hydrogens (tertiary/aromatic N) is 1. The lowest BCUT2D eigenvalue weighted by Crippen LogP contribution is -2.29. The van der Waals surface area contributed by atoms with Crippen molar-refractivity contribution < 1.29 is 22.7 Å². The molecule has 0 saturated carbocycles. The summed E-state index contributed by atoms with van der Waals surface area (Å²) >= 11 is 0. The molecule has 1 aromatic carbocycles. The number of nitrogens with one attached hydrogen (secondary N) is 1. The van der Waals surface area contributed by atoms with Gasteiger partial charge in [0.25, 0.3) is 5.91 Å². The van der Waals surface area contributed by atoms with Crippen molar-refractivity contribution in [1.82, 2.24) is 0 Å². The van der Waals surface area contributed by atoms with Gasteiger partial charge in [0.05, 0.1) is 11.5 Å². The Balaban J connectivity index is 1.40. The van der Waals surface area contributed by atoms with Gasteiger partial charge in [0.1, 0.15) is 0 Å². The fourth-order valence-corrected chi connectivity index (χ4v) is 5.44. The zero-order valence-electron chi connectivity index (χ0n) is 15.4. The topological polar surface area (TPSA) is 92.8 Å². The molecule has 8 heteroatoms. The summed E-state index contributed by atoms with van der Waals surface area (Å²) in [7, 11) is -3.02. The molecule has 2 aliphatic heterocycles. The van der Waals surface area contributed by atoms with E-state index in [0.717, 1.165) is 18.8 Å². The Kier molecular flexibility index (Phi) is 6.36. The lowest BCUT2D eigenvalue weighted by atomic mass is 10.1. The van der Waals surface area contributed by atoms with Crippen LogP contribution in [0.15, 0.2) is 24.3 Å². The second-order valence-electron chi connectivity index (χ2n) is 7.28.